The number of benzene rings is 2. The molecule has 0 spiro atoms. The molecule has 0 atom stereocenters. The van der Waals surface area contributed by atoms with Crippen LogP contribution >= 0.6 is 0 Å². The number of ether oxygens (including phenoxy) is 2. The second-order valence-corrected chi connectivity index (χ2v) is 8.10. The van der Waals surface area contributed by atoms with E-state index in [1.54, 1.807) is 13.0 Å². The van der Waals surface area contributed by atoms with Gasteiger partial charge in [-0.2, -0.15) is 0 Å². The predicted molar refractivity (Wildman–Crippen MR) is 120 cm³/mol. The van der Waals surface area contributed by atoms with Gasteiger partial charge in [-0.15, -0.1) is 0 Å². The van der Waals surface area contributed by atoms with Crippen LogP contribution in [-0.4, -0.2) is 23.8 Å². The van der Waals surface area contributed by atoms with Crippen molar-refractivity contribution in [2.45, 2.75) is 53.6 Å². The second kappa shape index (κ2) is 8.84. The van der Waals surface area contributed by atoms with Crippen LogP contribution in [0.2, 0.25) is 0 Å². The Bertz CT molecular complexity index is 1190. The normalized spacial score (nSPS) is 11.4. The van der Waals surface area contributed by atoms with Crippen LogP contribution in [0.15, 0.2) is 39.5 Å². The van der Waals surface area contributed by atoms with Gasteiger partial charge in [0.1, 0.15) is 22.6 Å². The molecular formula is C25H28O6. The van der Waals surface area contributed by atoms with Crippen molar-refractivity contribution in [3.63, 3.8) is 0 Å². The van der Waals surface area contributed by atoms with Gasteiger partial charge in [0.05, 0.1) is 12.7 Å². The largest absolute Gasteiger partial charge is 0.507 e. The molecule has 164 valence electrons. The van der Waals surface area contributed by atoms with Gasteiger partial charge in [-0.3, -0.25) is 0 Å². The predicted octanol–water partition coefficient (Wildman–Crippen LogP) is 5.56. The van der Waals surface area contributed by atoms with Crippen molar-refractivity contribution in [1.82, 2.24) is 0 Å². The Balaban J connectivity index is 2.21. The second-order valence-electron chi connectivity index (χ2n) is 8.10. The fraction of sp³-hybridized carbons (Fsp3) is 0.360. The first-order valence-corrected chi connectivity index (χ1v) is 10.4. The molecule has 0 aliphatic heterocycles. The Kier molecular flexibility index (Phi) is 6.39. The summed E-state index contributed by atoms with van der Waals surface area (Å²) in [4.78, 5) is 24.2. The molecule has 0 aliphatic carbocycles. The molecule has 1 heterocycles. The van der Waals surface area contributed by atoms with Crippen molar-refractivity contribution in [2.75, 3.05) is 6.61 Å². The van der Waals surface area contributed by atoms with Crippen molar-refractivity contribution in [1.29, 1.82) is 0 Å². The smallest absolute Gasteiger partial charge is 0.351 e. The van der Waals surface area contributed by atoms with Gasteiger partial charge in [-0.25, -0.2) is 9.59 Å². The van der Waals surface area contributed by atoms with Crippen LogP contribution in [-0.2, 0) is 4.74 Å². The number of carbonyl (C=O) groups excluding carboxylic acids is 1. The summed E-state index contributed by atoms with van der Waals surface area (Å²) in [5.74, 6) is 0.280. The van der Waals surface area contributed by atoms with E-state index in [2.05, 4.69) is 13.8 Å². The first-order chi connectivity index (χ1) is 14.6. The summed E-state index contributed by atoms with van der Waals surface area (Å²) in [5.41, 5.74) is 2.59. The monoisotopic (exact) mass is 424 g/mol. The minimum Gasteiger partial charge on any atom is -0.507 e. The number of phenols is 1. The van der Waals surface area contributed by atoms with Crippen LogP contribution in [0.1, 0.15) is 62.0 Å². The number of aromatic hydroxyl groups is 1. The maximum atomic E-state index is 12.2. The van der Waals surface area contributed by atoms with Crippen LogP contribution < -0.4 is 10.4 Å². The molecule has 6 nitrogen and oxygen atoms in total. The number of hydrogen-bond acceptors (Lipinski definition) is 6. The minimum absolute atomic E-state index is 0.0186. The van der Waals surface area contributed by atoms with Crippen LogP contribution in [0.4, 0.5) is 0 Å². The lowest BCUT2D eigenvalue weighted by molar-refractivity contribution is 0.0521. The number of fused-ring (bicyclic) bond motifs is 1. The quantitative estimate of drug-likeness (QED) is 0.412. The van der Waals surface area contributed by atoms with Gasteiger partial charge >= 0.3 is 11.6 Å². The molecule has 0 bridgehead atoms. The molecule has 0 amide bonds. The van der Waals surface area contributed by atoms with Crippen LogP contribution in [0.3, 0.4) is 0 Å². The fourth-order valence-corrected chi connectivity index (χ4v) is 3.52. The van der Waals surface area contributed by atoms with Crippen molar-refractivity contribution >= 4 is 16.9 Å². The fourth-order valence-electron chi connectivity index (χ4n) is 3.52. The number of hydrogen-bond donors (Lipinski definition) is 1. The highest BCUT2D eigenvalue weighted by atomic mass is 16.5. The van der Waals surface area contributed by atoms with E-state index >= 15 is 0 Å². The van der Waals surface area contributed by atoms with Gasteiger partial charge in [0.2, 0.25) is 0 Å². The standard InChI is InChI=1S/C25H28O6/c1-7-29-24(27)20-10-16-9-19(21(26)12-22(16)31-25(20)28)18-11-17(13(2)3)23(8-15(18)6)30-14(4)5/h8-14,26H,7H2,1-6H3. The summed E-state index contributed by atoms with van der Waals surface area (Å²) in [6.07, 6.45) is 0.0426. The Morgan fingerprint density at radius 3 is 2.39 bits per heavy atom. The lowest BCUT2D eigenvalue weighted by atomic mass is 9.91. The van der Waals surface area contributed by atoms with Crippen molar-refractivity contribution in [3.05, 3.63) is 57.4 Å². The number of rotatable bonds is 6. The number of carbonyl (C=O) groups is 1. The lowest BCUT2D eigenvalue weighted by Crippen LogP contribution is -2.16. The van der Waals surface area contributed by atoms with Crippen molar-refractivity contribution in [3.8, 4) is 22.6 Å². The third kappa shape index (κ3) is 4.58. The first kappa shape index (κ1) is 22.4. The molecule has 0 saturated carbocycles. The van der Waals surface area contributed by atoms with E-state index in [1.165, 1.54) is 12.1 Å². The van der Waals surface area contributed by atoms with Crippen molar-refractivity contribution in [2.24, 2.45) is 0 Å². The van der Waals surface area contributed by atoms with E-state index < -0.39 is 11.6 Å². The van der Waals surface area contributed by atoms with E-state index in [0.29, 0.717) is 10.9 Å². The van der Waals surface area contributed by atoms with E-state index in [0.717, 1.165) is 22.4 Å². The Morgan fingerprint density at radius 1 is 1.06 bits per heavy atom. The highest BCUT2D eigenvalue weighted by molar-refractivity contribution is 5.95. The third-order valence-electron chi connectivity index (χ3n) is 4.98. The third-order valence-corrected chi connectivity index (χ3v) is 4.98. The topological polar surface area (TPSA) is 86.0 Å². The van der Waals surface area contributed by atoms with Crippen molar-refractivity contribution < 1.29 is 23.8 Å². The Hall–Kier alpha value is -3.28. The molecule has 2 aromatic carbocycles. The van der Waals surface area contributed by atoms with Crippen LogP contribution in [0.25, 0.3) is 22.1 Å². The zero-order chi connectivity index (χ0) is 22.9. The summed E-state index contributed by atoms with van der Waals surface area (Å²) < 4.78 is 16.2. The molecule has 31 heavy (non-hydrogen) atoms. The maximum Gasteiger partial charge on any atom is 0.351 e. The highest BCUT2D eigenvalue weighted by Gasteiger charge is 2.19. The zero-order valence-corrected chi connectivity index (χ0v) is 18.7. The average molecular weight is 424 g/mol. The summed E-state index contributed by atoms with van der Waals surface area (Å²) in [7, 11) is 0. The zero-order valence-electron chi connectivity index (χ0n) is 18.7. The van der Waals surface area contributed by atoms with Crippen LogP contribution in [0, 0.1) is 6.92 Å². The molecule has 1 aromatic heterocycles. The van der Waals surface area contributed by atoms with Gasteiger partial charge in [-0.1, -0.05) is 13.8 Å². The van der Waals surface area contributed by atoms with E-state index in [9.17, 15) is 14.7 Å². The molecule has 6 heteroatoms. The number of phenolic OH excluding ortho intramolecular Hbond substituents is 1. The Labute approximate surface area is 181 Å². The van der Waals surface area contributed by atoms with Gasteiger partial charge in [-0.05, 0) is 74.6 Å². The number of aryl methyl sites for hydroxylation is 1. The highest BCUT2D eigenvalue weighted by Crippen LogP contribution is 2.39. The summed E-state index contributed by atoms with van der Waals surface area (Å²) >= 11 is 0. The molecule has 0 radical (unpaired) electrons. The van der Waals surface area contributed by atoms with E-state index in [-0.39, 0.29) is 35.5 Å². The van der Waals surface area contributed by atoms with Gasteiger partial charge in [0.25, 0.3) is 0 Å². The molecule has 3 aromatic rings. The minimum atomic E-state index is -0.799. The van der Waals surface area contributed by atoms with E-state index in [4.69, 9.17) is 13.9 Å². The van der Waals surface area contributed by atoms with E-state index in [1.807, 2.05) is 32.9 Å². The Morgan fingerprint density at radius 2 is 1.77 bits per heavy atom. The summed E-state index contributed by atoms with van der Waals surface area (Å²) in [6, 6.07) is 8.55. The molecule has 1 N–H and O–H groups in total. The lowest BCUT2D eigenvalue weighted by Gasteiger charge is -2.20. The molecule has 3 rings (SSSR count). The molecule has 0 aliphatic rings. The molecule has 0 unspecified atom stereocenters. The first-order valence-electron chi connectivity index (χ1n) is 10.4. The maximum absolute atomic E-state index is 12.2. The molecule has 0 fully saturated rings. The molecular weight excluding hydrogens is 396 g/mol. The van der Waals surface area contributed by atoms with Gasteiger partial charge in [0.15, 0.2) is 0 Å². The van der Waals surface area contributed by atoms with Gasteiger partial charge in [0, 0.05) is 17.0 Å². The van der Waals surface area contributed by atoms with Crippen LogP contribution in [0.5, 0.6) is 11.5 Å². The average Bonchev–Trinajstić information content (AvgIpc) is 2.67. The molecule has 0 saturated heterocycles. The summed E-state index contributed by atoms with van der Waals surface area (Å²) in [5, 5.41) is 11.2. The van der Waals surface area contributed by atoms with Gasteiger partial charge < -0.3 is 19.0 Å². The SMILES string of the molecule is CCOC(=O)c1cc2cc(-c3cc(C(C)C)c(OC(C)C)cc3C)c(O)cc2oc1=O. The number of esters is 1. The summed E-state index contributed by atoms with van der Waals surface area (Å²) in [6.45, 7) is 11.9.